The summed E-state index contributed by atoms with van der Waals surface area (Å²) in [7, 11) is -2.96. The van der Waals surface area contributed by atoms with Crippen molar-refractivity contribution in [1.29, 1.82) is 0 Å². The van der Waals surface area contributed by atoms with Gasteiger partial charge < -0.3 is 4.57 Å². The topological polar surface area (TPSA) is 64.8 Å². The first-order valence-corrected chi connectivity index (χ1v) is 8.85. The molecule has 2 aromatic rings. The minimum atomic E-state index is -2.96. The Balaban J connectivity index is 1.98. The molecule has 0 bridgehead atoms. The molecule has 20 heavy (non-hydrogen) atoms. The Morgan fingerprint density at radius 3 is 3.00 bits per heavy atom. The first-order chi connectivity index (χ1) is 9.62. The molecule has 1 fully saturated rings. The van der Waals surface area contributed by atoms with E-state index in [0.717, 1.165) is 42.8 Å². The van der Waals surface area contributed by atoms with Crippen molar-refractivity contribution in [3.63, 3.8) is 0 Å². The largest absolute Gasteiger partial charge is 0.313 e. The van der Waals surface area contributed by atoms with Crippen molar-refractivity contribution in [1.82, 2.24) is 14.5 Å². The Kier molecular flexibility index (Phi) is 3.50. The lowest BCUT2D eigenvalue weighted by Gasteiger charge is -2.22. The van der Waals surface area contributed by atoms with E-state index < -0.39 is 9.84 Å². The fraction of sp³-hybridized carbons (Fsp3) is 0.571. The van der Waals surface area contributed by atoms with Crippen LogP contribution in [0.5, 0.6) is 0 Å². The fourth-order valence-corrected chi connectivity index (χ4v) is 4.82. The van der Waals surface area contributed by atoms with Crippen LogP contribution in [0.25, 0.3) is 11.2 Å². The van der Waals surface area contributed by atoms with Gasteiger partial charge in [0.15, 0.2) is 15.5 Å². The summed E-state index contributed by atoms with van der Waals surface area (Å²) in [6, 6.07) is 3.78. The van der Waals surface area contributed by atoms with Gasteiger partial charge in [0, 0.05) is 19.2 Å². The predicted molar refractivity (Wildman–Crippen MR) is 78.3 cm³/mol. The lowest BCUT2D eigenvalue weighted by atomic mass is 10.1. The summed E-state index contributed by atoms with van der Waals surface area (Å²) in [6.45, 7) is 2.80. The van der Waals surface area contributed by atoms with Crippen LogP contribution >= 0.6 is 0 Å². The zero-order valence-electron chi connectivity index (χ0n) is 11.6. The number of hydrogen-bond acceptors (Lipinski definition) is 4. The Morgan fingerprint density at radius 1 is 1.40 bits per heavy atom. The average molecular weight is 293 g/mol. The molecule has 0 saturated carbocycles. The van der Waals surface area contributed by atoms with Crippen LogP contribution in [0.2, 0.25) is 0 Å². The van der Waals surface area contributed by atoms with Gasteiger partial charge >= 0.3 is 0 Å². The molecule has 0 aliphatic carbocycles. The third kappa shape index (κ3) is 2.32. The molecule has 1 saturated heterocycles. The van der Waals surface area contributed by atoms with Gasteiger partial charge in [-0.25, -0.2) is 18.4 Å². The number of imidazole rings is 1. The van der Waals surface area contributed by atoms with Crippen LogP contribution in [0.1, 0.15) is 32.0 Å². The molecule has 1 aliphatic heterocycles. The second-order valence-corrected chi connectivity index (χ2v) is 7.71. The van der Waals surface area contributed by atoms with Crippen molar-refractivity contribution in [3.05, 3.63) is 24.2 Å². The Hall–Kier alpha value is -1.43. The molecule has 1 aliphatic rings. The van der Waals surface area contributed by atoms with Gasteiger partial charge in [0.05, 0.1) is 11.0 Å². The minimum Gasteiger partial charge on any atom is -0.313 e. The third-order valence-electron chi connectivity index (χ3n) is 4.02. The second-order valence-electron chi connectivity index (χ2n) is 5.31. The van der Waals surface area contributed by atoms with E-state index in [-0.39, 0.29) is 5.25 Å². The van der Waals surface area contributed by atoms with Crippen LogP contribution in [0.15, 0.2) is 18.3 Å². The minimum absolute atomic E-state index is 0.279. The van der Waals surface area contributed by atoms with Gasteiger partial charge in [-0.3, -0.25) is 0 Å². The van der Waals surface area contributed by atoms with E-state index in [4.69, 9.17) is 0 Å². The van der Waals surface area contributed by atoms with E-state index in [2.05, 4.69) is 9.97 Å². The van der Waals surface area contributed by atoms with Gasteiger partial charge in [0.25, 0.3) is 0 Å². The van der Waals surface area contributed by atoms with E-state index in [1.54, 1.807) is 6.20 Å². The third-order valence-corrected chi connectivity index (χ3v) is 6.30. The monoisotopic (exact) mass is 293 g/mol. The highest BCUT2D eigenvalue weighted by atomic mass is 32.2. The van der Waals surface area contributed by atoms with Gasteiger partial charge in [0.2, 0.25) is 0 Å². The summed E-state index contributed by atoms with van der Waals surface area (Å²) in [4.78, 5) is 8.93. The van der Waals surface area contributed by atoms with Gasteiger partial charge in [-0.1, -0.05) is 6.42 Å². The van der Waals surface area contributed by atoms with Gasteiger partial charge in [-0.05, 0) is 31.9 Å². The van der Waals surface area contributed by atoms with Gasteiger partial charge in [0.1, 0.15) is 11.3 Å². The number of hydrogen-bond donors (Lipinski definition) is 0. The first-order valence-electron chi connectivity index (χ1n) is 7.13. The maximum atomic E-state index is 12.1. The molecular weight excluding hydrogens is 274 g/mol. The summed E-state index contributed by atoms with van der Waals surface area (Å²) in [5.41, 5.74) is 1.69. The number of fused-ring (bicyclic) bond motifs is 1. The molecule has 5 nitrogen and oxygen atoms in total. The second kappa shape index (κ2) is 5.16. The molecule has 6 heteroatoms. The van der Waals surface area contributed by atoms with E-state index in [9.17, 15) is 8.42 Å². The Bertz CT molecular complexity index is 721. The molecule has 0 amide bonds. The van der Waals surface area contributed by atoms with E-state index in [1.165, 1.54) is 0 Å². The molecular formula is C14H19N3O2S. The number of aromatic nitrogens is 3. The molecule has 0 N–H and O–H groups in total. The standard InChI is InChI=1S/C14H19N3O2S/c1-2-17-13(16-12-7-5-8-15-14(12)17)10-11-6-3-4-9-20(11,18)19/h5,7-8,11H,2-4,6,9-10H2,1H3. The Morgan fingerprint density at radius 2 is 2.25 bits per heavy atom. The summed E-state index contributed by atoms with van der Waals surface area (Å²) in [6.07, 6.45) is 4.80. The molecule has 108 valence electrons. The van der Waals surface area contributed by atoms with Gasteiger partial charge in [-0.2, -0.15) is 0 Å². The smallest absolute Gasteiger partial charge is 0.159 e. The molecule has 1 atom stereocenters. The maximum Gasteiger partial charge on any atom is 0.159 e. The van der Waals surface area contributed by atoms with Crippen molar-refractivity contribution in [2.45, 2.75) is 44.4 Å². The number of sulfone groups is 1. The molecule has 2 aromatic heterocycles. The van der Waals surface area contributed by atoms with Crippen molar-refractivity contribution in [2.24, 2.45) is 0 Å². The first kappa shape index (κ1) is 13.5. The molecule has 3 heterocycles. The maximum absolute atomic E-state index is 12.1. The van der Waals surface area contributed by atoms with Crippen LogP contribution in [-0.2, 0) is 22.8 Å². The lowest BCUT2D eigenvalue weighted by Crippen LogP contribution is -2.31. The fourth-order valence-electron chi connectivity index (χ4n) is 2.95. The number of nitrogens with zero attached hydrogens (tertiary/aromatic N) is 3. The van der Waals surface area contributed by atoms with Crippen LogP contribution in [0, 0.1) is 0 Å². The van der Waals surface area contributed by atoms with Crippen LogP contribution in [0.3, 0.4) is 0 Å². The van der Waals surface area contributed by atoms with Gasteiger partial charge in [-0.15, -0.1) is 0 Å². The van der Waals surface area contributed by atoms with E-state index in [1.807, 2.05) is 23.6 Å². The SMILES string of the molecule is CCn1c(CC2CCCCS2(=O)=O)nc2cccnc21. The van der Waals surface area contributed by atoms with Crippen molar-refractivity contribution in [2.75, 3.05) is 5.75 Å². The number of pyridine rings is 1. The zero-order valence-corrected chi connectivity index (χ0v) is 12.4. The van der Waals surface area contributed by atoms with Crippen LogP contribution in [-0.4, -0.2) is 34.0 Å². The Labute approximate surface area is 119 Å². The highest BCUT2D eigenvalue weighted by Gasteiger charge is 2.30. The van der Waals surface area contributed by atoms with E-state index >= 15 is 0 Å². The van der Waals surface area contributed by atoms with Crippen molar-refractivity contribution in [3.8, 4) is 0 Å². The van der Waals surface area contributed by atoms with Crippen molar-refractivity contribution < 1.29 is 8.42 Å². The lowest BCUT2D eigenvalue weighted by molar-refractivity contribution is 0.529. The summed E-state index contributed by atoms with van der Waals surface area (Å²) < 4.78 is 26.3. The summed E-state index contributed by atoms with van der Waals surface area (Å²) in [5.74, 6) is 1.17. The van der Waals surface area contributed by atoms with Crippen LogP contribution in [0.4, 0.5) is 0 Å². The number of rotatable bonds is 3. The molecule has 0 spiro atoms. The molecule has 3 rings (SSSR count). The predicted octanol–water partition coefficient (Wildman–Crippen LogP) is 1.96. The quantitative estimate of drug-likeness (QED) is 0.867. The molecule has 0 radical (unpaired) electrons. The zero-order chi connectivity index (χ0) is 14.2. The molecule has 1 unspecified atom stereocenters. The normalized spacial score (nSPS) is 22.1. The summed E-state index contributed by atoms with van der Waals surface area (Å²) >= 11 is 0. The highest BCUT2D eigenvalue weighted by molar-refractivity contribution is 7.92. The van der Waals surface area contributed by atoms with E-state index in [0.29, 0.717) is 12.2 Å². The van der Waals surface area contributed by atoms with Crippen molar-refractivity contribution >= 4 is 21.0 Å². The summed E-state index contributed by atoms with van der Waals surface area (Å²) in [5, 5.41) is -0.279. The van der Waals surface area contributed by atoms with Crippen LogP contribution < -0.4 is 0 Å². The molecule has 0 aromatic carbocycles. The number of aryl methyl sites for hydroxylation is 1. The average Bonchev–Trinajstić information content (AvgIpc) is 2.78. The highest BCUT2D eigenvalue weighted by Crippen LogP contribution is 2.24.